The molecule has 2 aliphatic heterocycles. The summed E-state index contributed by atoms with van der Waals surface area (Å²) in [6.45, 7) is 26.8. The maximum absolute atomic E-state index is 14.4. The van der Waals surface area contributed by atoms with Gasteiger partial charge in [0.25, 0.3) is 0 Å². The van der Waals surface area contributed by atoms with Crippen LogP contribution in [0.3, 0.4) is 0 Å². The van der Waals surface area contributed by atoms with Crippen LogP contribution in [0.15, 0.2) is 24.3 Å². The molecule has 2 fully saturated rings. The van der Waals surface area contributed by atoms with E-state index in [1.807, 2.05) is 24.3 Å². The molecule has 2 N–H and O–H groups in total. The van der Waals surface area contributed by atoms with Gasteiger partial charge in [-0.25, -0.2) is 0 Å². The van der Waals surface area contributed by atoms with Crippen molar-refractivity contribution < 1.29 is 37.4 Å². The van der Waals surface area contributed by atoms with Crippen molar-refractivity contribution >= 4 is 15.2 Å². The van der Waals surface area contributed by atoms with Crippen LogP contribution < -0.4 is 0 Å². The molecule has 0 aromatic heterocycles. The zero-order valence-corrected chi connectivity index (χ0v) is 42.4. The lowest BCUT2D eigenvalue weighted by atomic mass is 9.73. The third-order valence-corrected chi connectivity index (χ3v) is 17.5. The van der Waals surface area contributed by atoms with Crippen LogP contribution in [0.2, 0.25) is 0 Å². The average molecular weight is 889 g/mol. The highest BCUT2D eigenvalue weighted by Gasteiger charge is 2.49. The fourth-order valence-electron chi connectivity index (χ4n) is 9.34. The summed E-state index contributed by atoms with van der Waals surface area (Å²) in [7, 11) is -7.16. The van der Waals surface area contributed by atoms with E-state index in [9.17, 15) is 19.3 Å². The first-order valence-electron chi connectivity index (χ1n) is 24.0. The van der Waals surface area contributed by atoms with E-state index in [0.29, 0.717) is 11.5 Å². The number of hydrogen-bond acceptors (Lipinski definition) is 8. The van der Waals surface area contributed by atoms with Gasteiger partial charge in [-0.2, -0.15) is 0 Å². The number of aromatic hydroxyl groups is 2. The number of benzene rings is 2. The lowest BCUT2D eigenvalue weighted by Crippen LogP contribution is -2.45. The average Bonchev–Trinajstić information content (AvgIpc) is 3.18. The Bertz CT molecular complexity index is 1580. The number of rotatable bonds is 24. The molecule has 0 atom stereocenters. The molecule has 2 aromatic carbocycles. The number of unbranched alkanes of at least 4 members (excludes halogenated alkanes) is 8. The molecule has 0 saturated carbocycles. The minimum absolute atomic E-state index is 0.0920. The smallest absolute Gasteiger partial charge is 0.335 e. The van der Waals surface area contributed by atoms with E-state index < -0.39 is 20.6 Å². The summed E-state index contributed by atoms with van der Waals surface area (Å²) in [5.74, 6) is 0.697. The molecule has 4 rings (SSSR count). The van der Waals surface area contributed by atoms with Gasteiger partial charge in [0.05, 0.1) is 44.2 Å². The Hall–Kier alpha value is -1.66. The van der Waals surface area contributed by atoms with Gasteiger partial charge in [-0.1, -0.05) is 184 Å². The van der Waals surface area contributed by atoms with Gasteiger partial charge >= 0.3 is 15.2 Å². The van der Waals surface area contributed by atoms with Crippen molar-refractivity contribution in [3.05, 3.63) is 57.6 Å². The Kier molecular flexibility index (Phi) is 18.4. The van der Waals surface area contributed by atoms with Crippen molar-refractivity contribution in [2.45, 2.75) is 220 Å². The molecule has 2 aromatic rings. The van der Waals surface area contributed by atoms with E-state index in [-0.39, 0.29) is 60.4 Å². The molecule has 61 heavy (non-hydrogen) atoms. The van der Waals surface area contributed by atoms with Gasteiger partial charge in [-0.15, -0.1) is 0 Å². The number of hydrogen-bond donors (Lipinski definition) is 2. The van der Waals surface area contributed by atoms with E-state index in [2.05, 4.69) is 83.1 Å². The highest BCUT2D eigenvalue weighted by atomic mass is 31.2. The molecule has 0 unspecified atom stereocenters. The van der Waals surface area contributed by atoms with Crippen LogP contribution in [0.25, 0.3) is 0 Å². The second-order valence-corrected chi connectivity index (χ2v) is 25.7. The van der Waals surface area contributed by atoms with Crippen LogP contribution in [-0.2, 0) is 61.2 Å². The first-order valence-corrected chi connectivity index (χ1v) is 27.5. The van der Waals surface area contributed by atoms with Gasteiger partial charge in [0.2, 0.25) is 0 Å². The fraction of sp³-hybridized carbons (Fsp3) is 0.765. The van der Waals surface area contributed by atoms with Gasteiger partial charge in [0, 0.05) is 22.3 Å². The Labute approximate surface area is 372 Å². The summed E-state index contributed by atoms with van der Waals surface area (Å²) in [5.41, 5.74) is 3.36. The number of phenolic OH excluding ortho intramolecular Hbond substituents is 2. The molecular weight excluding hydrogens is 803 g/mol. The SMILES string of the molecule is CCCCCC(C)(C)c1cc(CP2(=O)OCC3(CO2)COP(=O)(Cc2cc(C(C)(C)CCCCC)c(O)c(C(C)(C)CCCCC)c2)OC3)cc(C(C)(C)CCCCC)c1O. The first-order chi connectivity index (χ1) is 28.5. The van der Waals surface area contributed by atoms with E-state index in [0.717, 1.165) is 136 Å². The molecule has 1 spiro atoms. The number of phenols is 2. The highest BCUT2D eigenvalue weighted by molar-refractivity contribution is 7.53. The van der Waals surface area contributed by atoms with Crippen molar-refractivity contribution in [3.8, 4) is 11.5 Å². The zero-order valence-electron chi connectivity index (χ0n) is 40.6. The quantitative estimate of drug-likeness (QED) is 0.0792. The predicted molar refractivity (Wildman–Crippen MR) is 254 cm³/mol. The summed E-state index contributed by atoms with van der Waals surface area (Å²) >= 11 is 0. The molecule has 2 saturated heterocycles. The Morgan fingerprint density at radius 1 is 0.459 bits per heavy atom. The Balaban J connectivity index is 1.53. The van der Waals surface area contributed by atoms with E-state index in [1.165, 1.54) is 0 Å². The van der Waals surface area contributed by atoms with Crippen LogP contribution in [0.5, 0.6) is 11.5 Å². The third kappa shape index (κ3) is 13.7. The maximum atomic E-state index is 14.4. The van der Waals surface area contributed by atoms with Crippen molar-refractivity contribution in [1.82, 2.24) is 0 Å². The van der Waals surface area contributed by atoms with Crippen LogP contribution >= 0.6 is 15.2 Å². The fourth-order valence-corrected chi connectivity index (χ4v) is 13.0. The van der Waals surface area contributed by atoms with E-state index in [1.54, 1.807) is 0 Å². The molecule has 2 aliphatic rings. The van der Waals surface area contributed by atoms with E-state index in [4.69, 9.17) is 18.1 Å². The van der Waals surface area contributed by atoms with Gasteiger partial charge in [0.1, 0.15) is 11.5 Å². The molecule has 0 bridgehead atoms. The normalized spacial score (nSPS) is 22.9. The van der Waals surface area contributed by atoms with Crippen molar-refractivity contribution in [2.24, 2.45) is 5.41 Å². The Morgan fingerprint density at radius 3 is 0.902 bits per heavy atom. The van der Waals surface area contributed by atoms with Gasteiger partial charge in [-0.05, 0) is 58.5 Å². The van der Waals surface area contributed by atoms with Crippen LogP contribution in [-0.4, -0.2) is 36.6 Å². The molecule has 10 heteroatoms. The third-order valence-electron chi connectivity index (χ3n) is 13.9. The molecule has 0 amide bonds. The summed E-state index contributed by atoms with van der Waals surface area (Å²) in [6.07, 6.45) is 17.2. The van der Waals surface area contributed by atoms with E-state index >= 15 is 0 Å². The van der Waals surface area contributed by atoms with Crippen molar-refractivity contribution in [3.63, 3.8) is 0 Å². The largest absolute Gasteiger partial charge is 0.507 e. The standard InChI is InChI=1S/C51H86O8P2/c1-13-17-21-25-47(5,6)41-29-39(30-42(45(41)52)48(7,8)26-22-18-14-2)33-60(54)56-35-51(36-57-60)37-58-61(55,59-38-51)34-40-31-43(49(9,10)27-23-19-15-3)46(53)44(32-40)50(11,12)28-24-20-16-4/h29-32,52-53H,13-28,33-38H2,1-12H3. The topological polar surface area (TPSA) is 112 Å². The Morgan fingerprint density at radius 2 is 0.689 bits per heavy atom. The van der Waals surface area contributed by atoms with Gasteiger partial charge in [0.15, 0.2) is 0 Å². The second kappa shape index (κ2) is 21.6. The molecule has 0 radical (unpaired) electrons. The first kappa shape index (κ1) is 52.0. The maximum Gasteiger partial charge on any atom is 0.335 e. The summed E-state index contributed by atoms with van der Waals surface area (Å²) in [5, 5.41) is 23.7. The lowest BCUT2D eigenvalue weighted by Gasteiger charge is -2.43. The van der Waals surface area contributed by atoms with Crippen molar-refractivity contribution in [1.29, 1.82) is 0 Å². The highest BCUT2D eigenvalue weighted by Crippen LogP contribution is 2.62. The molecule has 0 aliphatic carbocycles. The van der Waals surface area contributed by atoms with Crippen molar-refractivity contribution in [2.75, 3.05) is 26.4 Å². The molecule has 8 nitrogen and oxygen atoms in total. The summed E-state index contributed by atoms with van der Waals surface area (Å²) < 4.78 is 53.5. The van der Waals surface area contributed by atoms with Gasteiger partial charge in [-0.3, -0.25) is 9.13 Å². The van der Waals surface area contributed by atoms with Crippen LogP contribution in [0, 0.1) is 5.41 Å². The minimum atomic E-state index is -3.58. The minimum Gasteiger partial charge on any atom is -0.507 e. The monoisotopic (exact) mass is 889 g/mol. The molecule has 348 valence electrons. The van der Waals surface area contributed by atoms with Crippen LogP contribution in [0.4, 0.5) is 0 Å². The van der Waals surface area contributed by atoms with Gasteiger partial charge < -0.3 is 28.3 Å². The predicted octanol–water partition coefficient (Wildman–Crippen LogP) is 15.7. The molecule has 2 heterocycles. The zero-order chi connectivity index (χ0) is 45.3. The summed E-state index contributed by atoms with van der Waals surface area (Å²) in [4.78, 5) is 0. The lowest BCUT2D eigenvalue weighted by molar-refractivity contribution is -0.0690. The summed E-state index contributed by atoms with van der Waals surface area (Å²) in [6, 6.07) is 8.08. The second-order valence-electron chi connectivity index (χ2n) is 21.6. The molecular formula is C51H86O8P2. The van der Waals surface area contributed by atoms with Crippen LogP contribution in [0.1, 0.15) is 219 Å².